The first kappa shape index (κ1) is 44.8. The van der Waals surface area contributed by atoms with Gasteiger partial charge in [-0.2, -0.15) is 0 Å². The summed E-state index contributed by atoms with van der Waals surface area (Å²) in [6, 6.07) is 12.5. The molecule has 20 heteroatoms. The van der Waals surface area contributed by atoms with Gasteiger partial charge < -0.3 is 70.5 Å². The number of anilines is 1. The van der Waals surface area contributed by atoms with E-state index in [0.29, 0.717) is 41.9 Å². The lowest BCUT2D eigenvalue weighted by atomic mass is 9.81. The molecule has 3 aromatic rings. The van der Waals surface area contributed by atoms with Crippen molar-refractivity contribution in [1.82, 2.24) is 21.3 Å². The van der Waals surface area contributed by atoms with Gasteiger partial charge in [0, 0.05) is 47.3 Å². The van der Waals surface area contributed by atoms with E-state index in [9.17, 15) is 44.7 Å². The number of nitrogens with one attached hydrogen (secondary N) is 4. The number of para-hydroxylation sites is 1. The molecule has 9 unspecified atom stereocenters. The third kappa shape index (κ3) is 8.84. The van der Waals surface area contributed by atoms with Crippen molar-refractivity contribution in [1.29, 1.82) is 0 Å². The summed E-state index contributed by atoms with van der Waals surface area (Å²) >= 11 is 0. The third-order valence-electron chi connectivity index (χ3n) is 11.8. The van der Waals surface area contributed by atoms with E-state index in [-0.39, 0.29) is 71.3 Å². The Hall–Kier alpha value is -5.78. The van der Waals surface area contributed by atoms with E-state index < -0.39 is 86.7 Å². The molecule has 4 heterocycles. The Morgan fingerprint density at radius 1 is 0.984 bits per heavy atom. The Kier molecular flexibility index (Phi) is 13.4. The summed E-state index contributed by atoms with van der Waals surface area (Å²) in [7, 11) is 0. The number of ether oxygens (including phenoxy) is 4. The minimum absolute atomic E-state index is 0.0125. The lowest BCUT2D eigenvalue weighted by Gasteiger charge is -2.42. The summed E-state index contributed by atoms with van der Waals surface area (Å²) in [5.74, 6) is -1.55. The Balaban J connectivity index is 1.26. The van der Waals surface area contributed by atoms with E-state index >= 15 is 0 Å². The van der Waals surface area contributed by atoms with Gasteiger partial charge in [0.2, 0.25) is 12.2 Å². The topological polar surface area (TPSA) is 310 Å². The van der Waals surface area contributed by atoms with Crippen molar-refractivity contribution in [3.8, 4) is 11.5 Å². The predicted octanol–water partition coefficient (Wildman–Crippen LogP) is -2.18. The molecule has 0 spiro atoms. The molecule has 20 nitrogen and oxygen atoms in total. The smallest absolute Gasteiger partial charge is 0.242 e. The number of allylic oxidation sites excluding steroid dienone is 1. The Bertz CT molecular complexity index is 2360. The third-order valence-corrected chi connectivity index (χ3v) is 11.8. The van der Waals surface area contributed by atoms with Crippen LogP contribution in [0.1, 0.15) is 61.4 Å². The van der Waals surface area contributed by atoms with Crippen LogP contribution in [-0.4, -0.2) is 138 Å². The van der Waals surface area contributed by atoms with Crippen LogP contribution in [0.3, 0.4) is 0 Å². The van der Waals surface area contributed by atoms with Gasteiger partial charge in [-0.25, -0.2) is 0 Å². The Labute approximate surface area is 366 Å². The number of hydrogen-bond donors (Lipinski definition) is 11. The predicted molar refractivity (Wildman–Crippen MR) is 226 cm³/mol. The Morgan fingerprint density at radius 2 is 1.80 bits per heavy atom. The van der Waals surface area contributed by atoms with Crippen LogP contribution in [0.4, 0.5) is 5.69 Å². The molecule has 9 atom stereocenters. The molecular formula is C44H51N7O13. The van der Waals surface area contributed by atoms with E-state index in [0.717, 1.165) is 5.57 Å². The lowest BCUT2D eigenvalue weighted by molar-refractivity contribution is -0.287. The van der Waals surface area contributed by atoms with Crippen LogP contribution in [0.5, 0.6) is 11.5 Å². The summed E-state index contributed by atoms with van der Waals surface area (Å²) in [6.45, 7) is -0.986. The summed E-state index contributed by atoms with van der Waals surface area (Å²) in [5.41, 5.74) is 14.6. The molecule has 3 fully saturated rings. The molecule has 0 bridgehead atoms. The highest BCUT2D eigenvalue weighted by Gasteiger charge is 2.48. The van der Waals surface area contributed by atoms with E-state index in [1.807, 2.05) is 29.2 Å². The molecule has 3 aromatic carbocycles. The van der Waals surface area contributed by atoms with Crippen molar-refractivity contribution in [2.75, 3.05) is 37.9 Å². The zero-order valence-corrected chi connectivity index (χ0v) is 34.5. The van der Waals surface area contributed by atoms with Crippen LogP contribution >= 0.6 is 0 Å². The molecule has 4 aliphatic heterocycles. The van der Waals surface area contributed by atoms with Crippen LogP contribution in [0, 0.1) is 0 Å². The number of hydrogen-bond acceptors (Lipinski definition) is 19. The van der Waals surface area contributed by atoms with Gasteiger partial charge in [-0.1, -0.05) is 30.3 Å². The number of dihydropyridines is 1. The van der Waals surface area contributed by atoms with Crippen molar-refractivity contribution >= 4 is 29.4 Å². The number of benzene rings is 3. The first-order chi connectivity index (χ1) is 30.9. The molecular weight excluding hydrogens is 835 g/mol. The number of ketones is 2. The lowest BCUT2D eigenvalue weighted by Crippen LogP contribution is -2.70. The monoisotopic (exact) mass is 885 g/mol. The molecule has 0 aromatic heterocycles. The van der Waals surface area contributed by atoms with Gasteiger partial charge in [-0.05, 0) is 53.5 Å². The fraction of sp³-hybridized carbons (Fsp3) is 0.409. The first-order valence-corrected chi connectivity index (χ1v) is 20.9. The molecule has 13 N–H and O–H groups in total. The molecule has 0 radical (unpaired) electrons. The van der Waals surface area contributed by atoms with E-state index in [4.69, 9.17) is 30.4 Å². The molecule has 1 aliphatic carbocycles. The number of carbonyl (C=O) groups excluding carboxylic acids is 4. The zero-order valence-electron chi connectivity index (χ0n) is 34.5. The fourth-order valence-corrected chi connectivity index (χ4v) is 8.61. The second-order valence-electron chi connectivity index (χ2n) is 16.1. The maximum Gasteiger partial charge on any atom is 0.242 e. The summed E-state index contributed by atoms with van der Waals surface area (Å²) in [4.78, 5) is 55.5. The number of nitrogens with zero attached hydrogens (tertiary/aromatic N) is 1. The van der Waals surface area contributed by atoms with Crippen molar-refractivity contribution in [2.45, 2.75) is 81.2 Å². The van der Waals surface area contributed by atoms with E-state index in [1.54, 1.807) is 12.1 Å². The van der Waals surface area contributed by atoms with Crippen molar-refractivity contribution in [3.63, 3.8) is 0 Å². The van der Waals surface area contributed by atoms with Crippen molar-refractivity contribution < 1.29 is 63.7 Å². The number of fused-ring (bicyclic) bond motifs is 3. The van der Waals surface area contributed by atoms with Crippen molar-refractivity contribution in [2.24, 2.45) is 11.5 Å². The van der Waals surface area contributed by atoms with Crippen molar-refractivity contribution in [3.05, 3.63) is 111 Å². The number of aliphatic hydroxyl groups is 5. The average Bonchev–Trinajstić information content (AvgIpc) is 3.71. The summed E-state index contributed by atoms with van der Waals surface area (Å²) in [5, 5.41) is 65.6. The second-order valence-corrected chi connectivity index (χ2v) is 16.1. The highest BCUT2D eigenvalue weighted by Crippen LogP contribution is 2.45. The number of aliphatic hydroxyl groups excluding tert-OH is 5. The van der Waals surface area contributed by atoms with Crippen LogP contribution in [-0.2, 0) is 32.1 Å². The molecule has 3 saturated heterocycles. The molecule has 0 saturated carbocycles. The van der Waals surface area contributed by atoms with Gasteiger partial charge in [0.15, 0.2) is 23.1 Å². The van der Waals surface area contributed by atoms with Gasteiger partial charge in [-0.15, -0.1) is 0 Å². The second kappa shape index (κ2) is 19.1. The zero-order chi connectivity index (χ0) is 45.2. The summed E-state index contributed by atoms with van der Waals surface area (Å²) < 4.78 is 25.2. The van der Waals surface area contributed by atoms with Crippen LogP contribution in [0.2, 0.25) is 0 Å². The SMILES string of the molecule is NC1=CC(CCOC2C(Oc3c(Cc4ccccc4N4CNC5C(=O)NC(N)NC54)cc4c(c3OCC(O)CC=O)C(=O)c3cc(CO)ccc3C4=O)OC(CO)C(O)C2O)=CCN1. The molecule has 64 heavy (non-hydrogen) atoms. The van der Waals surface area contributed by atoms with Gasteiger partial charge in [0.25, 0.3) is 0 Å². The van der Waals surface area contributed by atoms with Gasteiger partial charge in [0.1, 0.15) is 55.8 Å². The molecule has 8 rings (SSSR count). The van der Waals surface area contributed by atoms with Crippen LogP contribution in [0.15, 0.2) is 72.1 Å². The highest BCUT2D eigenvalue weighted by atomic mass is 16.7. The summed E-state index contributed by atoms with van der Waals surface area (Å²) in [6.07, 6.45) is -6.33. The Morgan fingerprint density at radius 3 is 2.56 bits per heavy atom. The average molecular weight is 886 g/mol. The van der Waals surface area contributed by atoms with Gasteiger partial charge in [-0.3, -0.25) is 30.8 Å². The van der Waals surface area contributed by atoms with Gasteiger partial charge >= 0.3 is 0 Å². The van der Waals surface area contributed by atoms with Crippen LogP contribution in [0.25, 0.3) is 0 Å². The number of amides is 1. The highest BCUT2D eigenvalue weighted by molar-refractivity contribution is 6.29. The molecule has 5 aliphatic rings. The number of nitrogens with two attached hydrogens (primary N) is 2. The number of aldehydes is 1. The standard InChI is InChI=1S/C44H51N7O13/c45-31-14-21(7-10-47-31)9-12-61-40-37(59)36(58)30(18-54)63-43(40)64-38-24(15-23-3-1-2-4-29(23)51-20-48-33-41(51)49-44(46)50-42(33)60)16-28-32(39(38)62-19-25(55)8-11-52)35(57)27-13-22(17-53)5-6-26(27)34(28)56/h1-7,11,13-14,16,25,30,33,36-37,40-41,43-44,47-49,53-55,58-59H,8-10,12,15,17-20,45-46H2,(H,50,60). The normalized spacial score (nSPS) is 26.7. The van der Waals surface area contributed by atoms with Gasteiger partial charge in [0.05, 0.1) is 44.0 Å². The van der Waals surface area contributed by atoms with E-state index in [1.165, 1.54) is 24.3 Å². The maximum atomic E-state index is 14.7. The molecule has 1 amide bonds. The largest absolute Gasteiger partial charge is 0.486 e. The van der Waals surface area contributed by atoms with E-state index in [2.05, 4.69) is 21.3 Å². The maximum absolute atomic E-state index is 14.7. The quantitative estimate of drug-likeness (QED) is 0.0533. The molecule has 340 valence electrons. The minimum Gasteiger partial charge on any atom is -0.486 e. The first-order valence-electron chi connectivity index (χ1n) is 20.9. The number of carbonyl (C=O) groups is 4. The number of rotatable bonds is 16. The fourth-order valence-electron chi connectivity index (χ4n) is 8.61. The minimum atomic E-state index is -1.67. The van der Waals surface area contributed by atoms with Crippen LogP contribution < -0.4 is 47.1 Å².